The molecule has 4 rings (SSSR count). The fourth-order valence-corrected chi connectivity index (χ4v) is 3.47. The summed E-state index contributed by atoms with van der Waals surface area (Å²) < 4.78 is 1.29. The lowest BCUT2D eigenvalue weighted by atomic mass is 10.2. The standard InChI is InChI=1S/C17H17ClN6O2/c18-11-2-1-3-12(10-11)22-6-8-23(9-7-22)13-4-5-14-20-17(19)21-24(14)15(13)16(25)26/h1-5,10H,6-9H2,(H2,19,21)(H,25,26). The van der Waals surface area contributed by atoms with E-state index in [0.29, 0.717) is 29.4 Å². The van der Waals surface area contributed by atoms with Gasteiger partial charge in [0.05, 0.1) is 5.69 Å². The number of piperazine rings is 1. The summed E-state index contributed by atoms with van der Waals surface area (Å²) in [7, 11) is 0. The van der Waals surface area contributed by atoms with Crippen LogP contribution in [0.1, 0.15) is 10.5 Å². The van der Waals surface area contributed by atoms with E-state index in [1.807, 2.05) is 29.2 Å². The quantitative estimate of drug-likeness (QED) is 0.725. The lowest BCUT2D eigenvalue weighted by Crippen LogP contribution is -2.47. The van der Waals surface area contributed by atoms with Crippen molar-refractivity contribution in [3.8, 4) is 0 Å². The molecule has 26 heavy (non-hydrogen) atoms. The van der Waals surface area contributed by atoms with Crippen molar-refractivity contribution in [3.05, 3.63) is 47.1 Å². The van der Waals surface area contributed by atoms with Crippen molar-refractivity contribution < 1.29 is 9.90 Å². The van der Waals surface area contributed by atoms with Crippen molar-refractivity contribution >= 4 is 40.5 Å². The fraction of sp³-hybridized carbons (Fsp3) is 0.235. The Morgan fingerprint density at radius 1 is 1.12 bits per heavy atom. The van der Waals surface area contributed by atoms with Crippen molar-refractivity contribution in [1.29, 1.82) is 0 Å². The second-order valence-electron chi connectivity index (χ2n) is 6.07. The first-order chi connectivity index (χ1) is 12.5. The molecule has 1 saturated heterocycles. The highest BCUT2D eigenvalue weighted by molar-refractivity contribution is 6.30. The predicted molar refractivity (Wildman–Crippen MR) is 100 cm³/mol. The topological polar surface area (TPSA) is 100.0 Å². The molecule has 134 valence electrons. The third-order valence-corrected chi connectivity index (χ3v) is 4.72. The van der Waals surface area contributed by atoms with Gasteiger partial charge in [0, 0.05) is 36.9 Å². The van der Waals surface area contributed by atoms with Gasteiger partial charge < -0.3 is 20.6 Å². The zero-order valence-corrected chi connectivity index (χ0v) is 14.6. The summed E-state index contributed by atoms with van der Waals surface area (Å²) in [5.74, 6) is -1.01. The van der Waals surface area contributed by atoms with E-state index in [1.165, 1.54) is 4.52 Å². The van der Waals surface area contributed by atoms with Crippen LogP contribution in [0.5, 0.6) is 0 Å². The van der Waals surface area contributed by atoms with Gasteiger partial charge in [0.15, 0.2) is 11.3 Å². The average molecular weight is 373 g/mol. The molecule has 3 heterocycles. The Morgan fingerprint density at radius 2 is 1.85 bits per heavy atom. The molecule has 0 unspecified atom stereocenters. The number of rotatable bonds is 3. The Kier molecular flexibility index (Phi) is 4.04. The summed E-state index contributed by atoms with van der Waals surface area (Å²) in [6, 6.07) is 11.2. The van der Waals surface area contributed by atoms with Crippen molar-refractivity contribution in [2.24, 2.45) is 0 Å². The average Bonchev–Trinajstić information content (AvgIpc) is 3.01. The number of aromatic carboxylic acids is 1. The number of carboxylic acids is 1. The molecule has 0 bridgehead atoms. The second kappa shape index (κ2) is 6.38. The van der Waals surface area contributed by atoms with Gasteiger partial charge in [-0.25, -0.2) is 9.31 Å². The highest BCUT2D eigenvalue weighted by Crippen LogP contribution is 2.26. The van der Waals surface area contributed by atoms with Crippen molar-refractivity contribution in [2.75, 3.05) is 41.7 Å². The number of nitrogen functional groups attached to an aromatic ring is 1. The van der Waals surface area contributed by atoms with E-state index < -0.39 is 5.97 Å². The molecule has 8 nitrogen and oxygen atoms in total. The van der Waals surface area contributed by atoms with E-state index >= 15 is 0 Å². The summed E-state index contributed by atoms with van der Waals surface area (Å²) >= 11 is 6.07. The number of benzene rings is 1. The third kappa shape index (κ3) is 2.88. The van der Waals surface area contributed by atoms with Crippen LogP contribution < -0.4 is 15.5 Å². The molecule has 3 aromatic rings. The molecule has 1 fully saturated rings. The van der Waals surface area contributed by atoms with Crippen LogP contribution in [0.3, 0.4) is 0 Å². The first-order valence-electron chi connectivity index (χ1n) is 8.17. The number of pyridine rings is 1. The number of aromatic nitrogens is 3. The van der Waals surface area contributed by atoms with Gasteiger partial charge in [-0.05, 0) is 30.3 Å². The lowest BCUT2D eigenvalue weighted by molar-refractivity contribution is 0.0688. The van der Waals surface area contributed by atoms with Crippen molar-refractivity contribution in [3.63, 3.8) is 0 Å². The minimum atomic E-state index is -1.06. The molecule has 3 N–H and O–H groups in total. The minimum absolute atomic E-state index is 0.0513. The first kappa shape index (κ1) is 16.5. The number of fused-ring (bicyclic) bond motifs is 1. The predicted octanol–water partition coefficient (Wildman–Crippen LogP) is 1.99. The lowest BCUT2D eigenvalue weighted by Gasteiger charge is -2.37. The van der Waals surface area contributed by atoms with Gasteiger partial charge in [0.25, 0.3) is 0 Å². The van der Waals surface area contributed by atoms with Crippen LogP contribution in [-0.2, 0) is 0 Å². The van der Waals surface area contributed by atoms with Gasteiger partial charge in [0.1, 0.15) is 0 Å². The number of nitrogens with two attached hydrogens (primary N) is 1. The first-order valence-corrected chi connectivity index (χ1v) is 8.55. The normalized spacial score (nSPS) is 14.8. The van der Waals surface area contributed by atoms with Gasteiger partial charge in [-0.3, -0.25) is 0 Å². The number of hydrogen-bond acceptors (Lipinski definition) is 6. The summed E-state index contributed by atoms with van der Waals surface area (Å²) in [6.07, 6.45) is 0. The SMILES string of the molecule is Nc1nc2ccc(N3CCN(c4cccc(Cl)c4)CC3)c(C(=O)O)n2n1. The molecular weight excluding hydrogens is 356 g/mol. The van der Waals surface area contributed by atoms with Crippen LogP contribution in [0, 0.1) is 0 Å². The Hall–Kier alpha value is -3.00. The highest BCUT2D eigenvalue weighted by Gasteiger charge is 2.24. The third-order valence-electron chi connectivity index (χ3n) is 4.49. The van der Waals surface area contributed by atoms with E-state index in [1.54, 1.807) is 12.1 Å². The Morgan fingerprint density at radius 3 is 2.54 bits per heavy atom. The molecular formula is C17H17ClN6O2. The zero-order chi connectivity index (χ0) is 18.3. The van der Waals surface area contributed by atoms with Crippen molar-refractivity contribution in [2.45, 2.75) is 0 Å². The largest absolute Gasteiger partial charge is 0.476 e. The number of nitrogens with zero attached hydrogens (tertiary/aromatic N) is 5. The second-order valence-corrected chi connectivity index (χ2v) is 6.50. The number of carbonyl (C=O) groups is 1. The van der Waals surface area contributed by atoms with Crippen LogP contribution in [-0.4, -0.2) is 51.9 Å². The van der Waals surface area contributed by atoms with E-state index in [9.17, 15) is 9.90 Å². The molecule has 2 aromatic heterocycles. The summed E-state index contributed by atoms with van der Waals surface area (Å²) in [5.41, 5.74) is 7.78. The smallest absolute Gasteiger partial charge is 0.356 e. The van der Waals surface area contributed by atoms with Gasteiger partial charge in [-0.2, -0.15) is 4.98 Å². The van der Waals surface area contributed by atoms with Crippen LogP contribution in [0.15, 0.2) is 36.4 Å². The van der Waals surface area contributed by atoms with E-state index in [-0.39, 0.29) is 11.6 Å². The Labute approximate surface area is 154 Å². The molecule has 0 spiro atoms. The number of hydrogen-bond donors (Lipinski definition) is 2. The number of carboxylic acid groups (broad SMARTS) is 1. The molecule has 0 atom stereocenters. The molecule has 0 saturated carbocycles. The van der Waals surface area contributed by atoms with E-state index in [4.69, 9.17) is 17.3 Å². The maximum atomic E-state index is 11.8. The molecule has 1 aromatic carbocycles. The number of anilines is 3. The molecule has 0 aliphatic carbocycles. The summed E-state index contributed by atoms with van der Waals surface area (Å²) in [4.78, 5) is 20.1. The van der Waals surface area contributed by atoms with E-state index in [0.717, 1.165) is 18.8 Å². The van der Waals surface area contributed by atoms with Gasteiger partial charge in [0.2, 0.25) is 5.95 Å². The van der Waals surface area contributed by atoms with Crippen LogP contribution in [0.4, 0.5) is 17.3 Å². The summed E-state index contributed by atoms with van der Waals surface area (Å²) in [6.45, 7) is 2.89. The fourth-order valence-electron chi connectivity index (χ4n) is 3.29. The highest BCUT2D eigenvalue weighted by atomic mass is 35.5. The van der Waals surface area contributed by atoms with Gasteiger partial charge >= 0.3 is 5.97 Å². The maximum absolute atomic E-state index is 11.8. The number of halogens is 1. The molecule has 0 amide bonds. The Balaban J connectivity index is 1.61. The van der Waals surface area contributed by atoms with E-state index in [2.05, 4.69) is 15.0 Å². The molecule has 0 radical (unpaired) electrons. The zero-order valence-electron chi connectivity index (χ0n) is 13.8. The molecule has 9 heteroatoms. The summed E-state index contributed by atoms with van der Waals surface area (Å²) in [5, 5.41) is 14.4. The monoisotopic (exact) mass is 372 g/mol. The van der Waals surface area contributed by atoms with Crippen LogP contribution >= 0.6 is 11.6 Å². The Bertz CT molecular complexity index is 981. The van der Waals surface area contributed by atoms with Crippen molar-refractivity contribution in [1.82, 2.24) is 14.6 Å². The molecule has 1 aliphatic rings. The van der Waals surface area contributed by atoms with Gasteiger partial charge in [-0.15, -0.1) is 5.10 Å². The van der Waals surface area contributed by atoms with Crippen LogP contribution in [0.25, 0.3) is 5.65 Å². The maximum Gasteiger partial charge on any atom is 0.356 e. The molecule has 1 aliphatic heterocycles. The van der Waals surface area contributed by atoms with Crippen LogP contribution in [0.2, 0.25) is 5.02 Å². The van der Waals surface area contributed by atoms with Gasteiger partial charge in [-0.1, -0.05) is 17.7 Å². The minimum Gasteiger partial charge on any atom is -0.476 e.